The third-order valence-corrected chi connectivity index (χ3v) is 6.05. The zero-order chi connectivity index (χ0) is 26.6. The second-order valence-electron chi connectivity index (χ2n) is 9.77. The standard InChI is InChI=1S/C29H30N4O4/c1-18-8-10-21(32-28(35)23-13-20(29(2,3)4)9-11-25(23)36-5)14-22(18)26-24(17-37-33-26)27(34)31-16-19-7-6-12-30-15-19/h6-15,17H,16H2,1-5H3,(H,31,34)(H,32,35). The van der Waals surface area contributed by atoms with Gasteiger partial charge in [-0.2, -0.15) is 0 Å². The highest BCUT2D eigenvalue weighted by Gasteiger charge is 2.22. The van der Waals surface area contributed by atoms with E-state index in [4.69, 9.17) is 9.26 Å². The first-order valence-electron chi connectivity index (χ1n) is 11.9. The summed E-state index contributed by atoms with van der Waals surface area (Å²) in [5.74, 6) is -0.132. The van der Waals surface area contributed by atoms with Gasteiger partial charge < -0.3 is 19.9 Å². The minimum absolute atomic E-state index is 0.126. The quantitative estimate of drug-likeness (QED) is 0.347. The van der Waals surface area contributed by atoms with Gasteiger partial charge in [-0.25, -0.2) is 0 Å². The van der Waals surface area contributed by atoms with Gasteiger partial charge in [-0.1, -0.05) is 44.1 Å². The van der Waals surface area contributed by atoms with Gasteiger partial charge >= 0.3 is 0 Å². The summed E-state index contributed by atoms with van der Waals surface area (Å²) in [5, 5.41) is 9.91. The fourth-order valence-corrected chi connectivity index (χ4v) is 3.88. The number of aryl methyl sites for hydroxylation is 1. The van der Waals surface area contributed by atoms with Crippen molar-refractivity contribution in [1.29, 1.82) is 0 Å². The summed E-state index contributed by atoms with van der Waals surface area (Å²) in [6.45, 7) is 8.49. The largest absolute Gasteiger partial charge is 0.496 e. The molecule has 0 atom stereocenters. The predicted molar refractivity (Wildman–Crippen MR) is 142 cm³/mol. The van der Waals surface area contributed by atoms with Crippen LogP contribution in [0.5, 0.6) is 5.75 Å². The Kier molecular flexibility index (Phi) is 7.38. The fraction of sp³-hybridized carbons (Fsp3) is 0.241. The van der Waals surface area contributed by atoms with Crippen LogP contribution in [0.1, 0.15) is 58.2 Å². The Labute approximate surface area is 216 Å². The highest BCUT2D eigenvalue weighted by molar-refractivity contribution is 6.07. The molecule has 4 aromatic rings. The molecular formula is C29H30N4O4. The molecule has 4 rings (SSSR count). The van der Waals surface area contributed by atoms with Crippen LogP contribution in [0.3, 0.4) is 0 Å². The summed E-state index contributed by atoms with van der Waals surface area (Å²) in [6, 6.07) is 14.8. The van der Waals surface area contributed by atoms with E-state index >= 15 is 0 Å². The molecule has 0 aliphatic rings. The number of carbonyl (C=O) groups is 2. The van der Waals surface area contributed by atoms with Crippen molar-refractivity contribution in [3.8, 4) is 17.0 Å². The SMILES string of the molecule is COc1ccc(C(C)(C)C)cc1C(=O)Nc1ccc(C)c(-c2nocc2C(=O)NCc2cccnc2)c1. The van der Waals surface area contributed by atoms with Crippen LogP contribution < -0.4 is 15.4 Å². The number of hydrogen-bond acceptors (Lipinski definition) is 6. The lowest BCUT2D eigenvalue weighted by Crippen LogP contribution is -2.23. The number of aromatic nitrogens is 2. The lowest BCUT2D eigenvalue weighted by atomic mass is 9.86. The highest BCUT2D eigenvalue weighted by atomic mass is 16.5. The van der Waals surface area contributed by atoms with Crippen molar-refractivity contribution in [3.05, 3.63) is 95.0 Å². The maximum Gasteiger partial charge on any atom is 0.259 e. The number of hydrogen-bond donors (Lipinski definition) is 2. The van der Waals surface area contributed by atoms with E-state index in [0.717, 1.165) is 16.7 Å². The molecule has 2 heterocycles. The highest BCUT2D eigenvalue weighted by Crippen LogP contribution is 2.31. The van der Waals surface area contributed by atoms with Crippen molar-refractivity contribution in [2.75, 3.05) is 12.4 Å². The summed E-state index contributed by atoms with van der Waals surface area (Å²) in [7, 11) is 1.54. The molecule has 2 N–H and O–H groups in total. The normalized spacial score (nSPS) is 11.2. The third kappa shape index (κ3) is 5.86. The molecular weight excluding hydrogens is 468 g/mol. The maximum atomic E-state index is 13.3. The molecule has 0 bridgehead atoms. The van der Waals surface area contributed by atoms with Crippen LogP contribution in [0.15, 0.2) is 71.7 Å². The fourth-order valence-electron chi connectivity index (χ4n) is 3.88. The lowest BCUT2D eigenvalue weighted by molar-refractivity contribution is 0.0950. The topological polar surface area (TPSA) is 106 Å². The number of anilines is 1. The summed E-state index contributed by atoms with van der Waals surface area (Å²) in [5.41, 5.74) is 5.01. The molecule has 0 aliphatic heterocycles. The smallest absolute Gasteiger partial charge is 0.259 e. The maximum absolute atomic E-state index is 13.3. The predicted octanol–water partition coefficient (Wildman–Crippen LogP) is 5.53. The molecule has 0 unspecified atom stereocenters. The van der Waals surface area contributed by atoms with Crippen LogP contribution in [0.25, 0.3) is 11.3 Å². The number of nitrogens with one attached hydrogen (secondary N) is 2. The number of ether oxygens (including phenoxy) is 1. The first-order chi connectivity index (χ1) is 17.7. The minimum atomic E-state index is -0.322. The number of carbonyl (C=O) groups excluding carboxylic acids is 2. The molecule has 0 saturated heterocycles. The monoisotopic (exact) mass is 498 g/mol. The molecule has 37 heavy (non-hydrogen) atoms. The second kappa shape index (κ2) is 10.7. The first-order valence-corrected chi connectivity index (χ1v) is 11.9. The molecule has 0 fully saturated rings. The van der Waals surface area contributed by atoms with Crippen molar-refractivity contribution >= 4 is 17.5 Å². The first kappa shape index (κ1) is 25.6. The molecule has 8 heteroatoms. The van der Waals surface area contributed by atoms with Gasteiger partial charge in [0.25, 0.3) is 11.8 Å². The van der Waals surface area contributed by atoms with Crippen molar-refractivity contribution in [1.82, 2.24) is 15.5 Å². The average molecular weight is 499 g/mol. The molecule has 0 spiro atoms. The van der Waals surface area contributed by atoms with E-state index < -0.39 is 0 Å². The number of nitrogens with zero attached hydrogens (tertiary/aromatic N) is 2. The molecule has 2 aromatic carbocycles. The zero-order valence-corrected chi connectivity index (χ0v) is 21.6. The van der Waals surface area contributed by atoms with Crippen LogP contribution in [0, 0.1) is 6.92 Å². The van der Waals surface area contributed by atoms with Crippen molar-refractivity contribution in [2.45, 2.75) is 39.7 Å². The Balaban J connectivity index is 1.58. The van der Waals surface area contributed by atoms with Gasteiger partial charge in [0, 0.05) is 30.2 Å². The van der Waals surface area contributed by atoms with Gasteiger partial charge in [-0.05, 0) is 59.4 Å². The van der Waals surface area contributed by atoms with E-state index in [-0.39, 0.29) is 17.2 Å². The molecule has 2 aromatic heterocycles. The van der Waals surface area contributed by atoms with E-state index in [1.165, 1.54) is 13.4 Å². The summed E-state index contributed by atoms with van der Waals surface area (Å²) >= 11 is 0. The van der Waals surface area contributed by atoms with Crippen LogP contribution in [0.2, 0.25) is 0 Å². The van der Waals surface area contributed by atoms with Gasteiger partial charge in [0.2, 0.25) is 0 Å². The number of methoxy groups -OCH3 is 1. The number of rotatable bonds is 7. The summed E-state index contributed by atoms with van der Waals surface area (Å²) < 4.78 is 10.6. The average Bonchev–Trinajstić information content (AvgIpc) is 3.38. The van der Waals surface area contributed by atoms with Gasteiger partial charge in [0.1, 0.15) is 23.3 Å². The number of amides is 2. The van der Waals surface area contributed by atoms with E-state index in [9.17, 15) is 9.59 Å². The Morgan fingerprint density at radius 3 is 2.54 bits per heavy atom. The van der Waals surface area contributed by atoms with Gasteiger partial charge in [0.15, 0.2) is 0 Å². The van der Waals surface area contributed by atoms with Gasteiger partial charge in [-0.3, -0.25) is 14.6 Å². The molecule has 0 aliphatic carbocycles. The zero-order valence-electron chi connectivity index (χ0n) is 21.6. The van der Waals surface area contributed by atoms with Crippen LogP contribution in [-0.2, 0) is 12.0 Å². The van der Waals surface area contributed by atoms with Crippen LogP contribution in [0.4, 0.5) is 5.69 Å². The van der Waals surface area contributed by atoms with Crippen molar-refractivity contribution in [2.24, 2.45) is 0 Å². The number of benzene rings is 2. The Morgan fingerprint density at radius 1 is 1.03 bits per heavy atom. The van der Waals surface area contributed by atoms with E-state index in [2.05, 4.69) is 41.5 Å². The van der Waals surface area contributed by atoms with Crippen LogP contribution >= 0.6 is 0 Å². The molecule has 190 valence electrons. The lowest BCUT2D eigenvalue weighted by Gasteiger charge is -2.21. The summed E-state index contributed by atoms with van der Waals surface area (Å²) in [4.78, 5) is 30.2. The Hall–Kier alpha value is -4.46. The van der Waals surface area contributed by atoms with E-state index in [1.54, 1.807) is 24.5 Å². The van der Waals surface area contributed by atoms with Crippen molar-refractivity contribution < 1.29 is 18.8 Å². The van der Waals surface area contributed by atoms with Crippen molar-refractivity contribution in [3.63, 3.8) is 0 Å². The second-order valence-corrected chi connectivity index (χ2v) is 9.77. The van der Waals surface area contributed by atoms with Gasteiger partial charge in [0.05, 0.1) is 12.7 Å². The third-order valence-electron chi connectivity index (χ3n) is 6.05. The van der Waals surface area contributed by atoms with Crippen LogP contribution in [-0.4, -0.2) is 29.1 Å². The minimum Gasteiger partial charge on any atom is -0.496 e. The van der Waals surface area contributed by atoms with Gasteiger partial charge in [-0.15, -0.1) is 0 Å². The molecule has 2 amide bonds. The summed E-state index contributed by atoms with van der Waals surface area (Å²) in [6.07, 6.45) is 4.69. The molecule has 8 nitrogen and oxygen atoms in total. The van der Waals surface area contributed by atoms with E-state index in [1.807, 2.05) is 43.3 Å². The molecule has 0 saturated carbocycles. The number of pyridine rings is 1. The Bertz CT molecular complexity index is 1420. The molecule has 0 radical (unpaired) electrons. The van der Waals surface area contributed by atoms with E-state index in [0.29, 0.717) is 40.4 Å². The Morgan fingerprint density at radius 2 is 1.84 bits per heavy atom.